The van der Waals surface area contributed by atoms with Crippen LogP contribution in [0.4, 0.5) is 4.79 Å². The zero-order valence-electron chi connectivity index (χ0n) is 12.9. The molecule has 0 aromatic rings. The summed E-state index contributed by atoms with van der Waals surface area (Å²) in [5, 5.41) is 2.85. The van der Waals surface area contributed by atoms with Crippen molar-refractivity contribution in [1.29, 1.82) is 0 Å². The first-order chi connectivity index (χ1) is 9.23. The number of ether oxygens (including phenoxy) is 1. The minimum Gasteiger partial charge on any atom is -0.444 e. The fourth-order valence-electron chi connectivity index (χ4n) is 2.13. The molecule has 0 aliphatic carbocycles. The van der Waals surface area contributed by atoms with Gasteiger partial charge in [-0.25, -0.2) is 4.79 Å². The van der Waals surface area contributed by atoms with E-state index in [-0.39, 0.29) is 11.9 Å². The molecule has 1 fully saturated rings. The average Bonchev–Trinajstić information content (AvgIpc) is 2.35. The summed E-state index contributed by atoms with van der Waals surface area (Å²) in [7, 11) is 0. The van der Waals surface area contributed by atoms with Crippen LogP contribution in [-0.4, -0.2) is 47.7 Å². The Morgan fingerprint density at radius 1 is 1.35 bits per heavy atom. The van der Waals surface area contributed by atoms with Gasteiger partial charge in [-0.2, -0.15) is 0 Å². The van der Waals surface area contributed by atoms with Crippen LogP contribution in [0.5, 0.6) is 0 Å². The van der Waals surface area contributed by atoms with Gasteiger partial charge in [-0.05, 0) is 40.0 Å². The molecular weight excluding hydrogens is 258 g/mol. The van der Waals surface area contributed by atoms with E-state index in [0.717, 1.165) is 12.8 Å². The van der Waals surface area contributed by atoms with E-state index >= 15 is 0 Å². The molecule has 3 N–H and O–H groups in total. The Morgan fingerprint density at radius 2 is 1.90 bits per heavy atom. The topological polar surface area (TPSA) is 84.7 Å². The van der Waals surface area contributed by atoms with Crippen molar-refractivity contribution in [3.8, 4) is 0 Å². The van der Waals surface area contributed by atoms with Gasteiger partial charge in [0.15, 0.2) is 0 Å². The Labute approximate surface area is 121 Å². The highest BCUT2D eigenvalue weighted by molar-refractivity contribution is 5.81. The van der Waals surface area contributed by atoms with Gasteiger partial charge in [0.05, 0.1) is 6.04 Å². The summed E-state index contributed by atoms with van der Waals surface area (Å²) in [6.45, 7) is 8.67. The Kier molecular flexibility index (Phi) is 5.80. The van der Waals surface area contributed by atoms with Crippen molar-refractivity contribution in [3.05, 3.63) is 0 Å². The molecule has 0 radical (unpaired) electrons. The summed E-state index contributed by atoms with van der Waals surface area (Å²) >= 11 is 0. The molecule has 0 bridgehead atoms. The number of likely N-dealkylation sites (tertiary alicyclic amines) is 1. The molecule has 2 amide bonds. The summed E-state index contributed by atoms with van der Waals surface area (Å²) in [5.74, 6) is 0.00298. The minimum atomic E-state index is -0.491. The Hall–Kier alpha value is -1.30. The molecule has 1 heterocycles. The number of amides is 2. The van der Waals surface area contributed by atoms with Crippen molar-refractivity contribution >= 4 is 12.0 Å². The lowest BCUT2D eigenvalue weighted by atomic mass is 10.0. The number of carbonyl (C=O) groups excluding carboxylic acids is 2. The molecule has 116 valence electrons. The third-order valence-electron chi connectivity index (χ3n) is 3.28. The molecule has 0 saturated carbocycles. The number of alkyl carbamates (subject to hydrolysis) is 1. The van der Waals surface area contributed by atoms with Gasteiger partial charge >= 0.3 is 6.09 Å². The van der Waals surface area contributed by atoms with Crippen molar-refractivity contribution < 1.29 is 14.3 Å². The Morgan fingerprint density at radius 3 is 2.35 bits per heavy atom. The molecule has 0 aromatic carbocycles. The van der Waals surface area contributed by atoms with Crippen LogP contribution in [0, 0.1) is 0 Å². The van der Waals surface area contributed by atoms with Gasteiger partial charge in [0.2, 0.25) is 5.91 Å². The molecule has 1 aliphatic heterocycles. The highest BCUT2D eigenvalue weighted by atomic mass is 16.6. The van der Waals surface area contributed by atoms with Crippen LogP contribution < -0.4 is 11.1 Å². The highest BCUT2D eigenvalue weighted by Crippen LogP contribution is 2.13. The number of hydrogen-bond donors (Lipinski definition) is 2. The number of carbonyl (C=O) groups is 2. The van der Waals surface area contributed by atoms with E-state index in [0.29, 0.717) is 19.5 Å². The van der Waals surface area contributed by atoms with E-state index < -0.39 is 17.7 Å². The lowest BCUT2D eigenvalue weighted by Crippen LogP contribution is -2.51. The molecule has 1 atom stereocenters. The monoisotopic (exact) mass is 285 g/mol. The maximum absolute atomic E-state index is 11.9. The summed E-state index contributed by atoms with van der Waals surface area (Å²) in [6.07, 6.45) is 1.73. The summed E-state index contributed by atoms with van der Waals surface area (Å²) < 4.78 is 5.22. The van der Waals surface area contributed by atoms with Crippen LogP contribution in [0.15, 0.2) is 0 Å². The molecule has 0 spiro atoms. The SMILES string of the molecule is CCC(N)C(=O)N1CCC(NC(=O)OC(C)(C)C)CC1. The molecular formula is C14H27N3O3. The second kappa shape index (κ2) is 6.92. The quantitative estimate of drug-likeness (QED) is 0.817. The second-order valence-electron chi connectivity index (χ2n) is 6.26. The molecule has 1 aliphatic rings. The van der Waals surface area contributed by atoms with Gasteiger partial charge in [0.25, 0.3) is 0 Å². The predicted octanol–water partition coefficient (Wildman–Crippen LogP) is 1.24. The first-order valence-electron chi connectivity index (χ1n) is 7.27. The van der Waals surface area contributed by atoms with Crippen LogP contribution in [-0.2, 0) is 9.53 Å². The number of nitrogens with zero attached hydrogens (tertiary/aromatic N) is 1. The van der Waals surface area contributed by atoms with E-state index in [1.807, 2.05) is 27.7 Å². The maximum Gasteiger partial charge on any atom is 0.407 e. The van der Waals surface area contributed by atoms with Crippen molar-refractivity contribution in [3.63, 3.8) is 0 Å². The van der Waals surface area contributed by atoms with E-state index in [2.05, 4.69) is 5.32 Å². The number of nitrogens with two attached hydrogens (primary N) is 1. The van der Waals surface area contributed by atoms with Gasteiger partial charge in [0, 0.05) is 19.1 Å². The van der Waals surface area contributed by atoms with Crippen LogP contribution in [0.1, 0.15) is 47.0 Å². The van der Waals surface area contributed by atoms with Gasteiger partial charge in [-0.15, -0.1) is 0 Å². The first-order valence-corrected chi connectivity index (χ1v) is 7.27. The number of hydrogen-bond acceptors (Lipinski definition) is 4. The number of nitrogens with one attached hydrogen (secondary N) is 1. The second-order valence-corrected chi connectivity index (χ2v) is 6.26. The fourth-order valence-corrected chi connectivity index (χ4v) is 2.13. The van der Waals surface area contributed by atoms with Crippen molar-refractivity contribution in [2.45, 2.75) is 64.6 Å². The van der Waals surface area contributed by atoms with Crippen LogP contribution in [0.2, 0.25) is 0 Å². The van der Waals surface area contributed by atoms with Crippen molar-refractivity contribution in [2.75, 3.05) is 13.1 Å². The number of piperidine rings is 1. The Balaban J connectivity index is 2.36. The third-order valence-corrected chi connectivity index (χ3v) is 3.28. The Bertz CT molecular complexity index is 344. The fraction of sp³-hybridized carbons (Fsp3) is 0.857. The van der Waals surface area contributed by atoms with Crippen LogP contribution in [0.25, 0.3) is 0 Å². The van der Waals surface area contributed by atoms with Gasteiger partial charge in [-0.3, -0.25) is 4.79 Å². The molecule has 20 heavy (non-hydrogen) atoms. The molecule has 1 saturated heterocycles. The molecule has 1 rings (SSSR count). The van der Waals surface area contributed by atoms with Crippen molar-refractivity contribution in [2.24, 2.45) is 5.73 Å². The summed E-state index contributed by atoms with van der Waals surface area (Å²) in [4.78, 5) is 25.4. The highest BCUT2D eigenvalue weighted by Gasteiger charge is 2.27. The molecule has 6 heteroatoms. The van der Waals surface area contributed by atoms with Crippen molar-refractivity contribution in [1.82, 2.24) is 10.2 Å². The molecule has 1 unspecified atom stereocenters. The lowest BCUT2D eigenvalue weighted by Gasteiger charge is -2.34. The van der Waals surface area contributed by atoms with E-state index in [4.69, 9.17) is 10.5 Å². The first kappa shape index (κ1) is 16.8. The molecule has 6 nitrogen and oxygen atoms in total. The zero-order chi connectivity index (χ0) is 15.3. The van der Waals surface area contributed by atoms with Gasteiger partial charge < -0.3 is 20.7 Å². The number of rotatable bonds is 3. The normalized spacial score (nSPS) is 18.6. The third kappa shape index (κ3) is 5.36. The average molecular weight is 285 g/mol. The van der Waals surface area contributed by atoms with Crippen LogP contribution in [0.3, 0.4) is 0 Å². The standard InChI is InChI=1S/C14H27N3O3/c1-5-11(15)12(18)17-8-6-10(7-9-17)16-13(19)20-14(2,3)4/h10-11H,5-9,15H2,1-4H3,(H,16,19). The smallest absolute Gasteiger partial charge is 0.407 e. The van der Waals surface area contributed by atoms with Crippen LogP contribution >= 0.6 is 0 Å². The largest absolute Gasteiger partial charge is 0.444 e. The van der Waals surface area contributed by atoms with E-state index in [9.17, 15) is 9.59 Å². The minimum absolute atomic E-state index is 0.00298. The van der Waals surface area contributed by atoms with E-state index in [1.54, 1.807) is 4.90 Å². The zero-order valence-corrected chi connectivity index (χ0v) is 12.9. The maximum atomic E-state index is 11.9. The summed E-state index contributed by atoms with van der Waals surface area (Å²) in [6, 6.07) is -0.350. The van der Waals surface area contributed by atoms with E-state index in [1.165, 1.54) is 0 Å². The molecule has 0 aromatic heterocycles. The lowest BCUT2D eigenvalue weighted by molar-refractivity contribution is -0.133. The van der Waals surface area contributed by atoms with Gasteiger partial charge in [-0.1, -0.05) is 6.92 Å². The predicted molar refractivity (Wildman–Crippen MR) is 77.2 cm³/mol. The van der Waals surface area contributed by atoms with Gasteiger partial charge in [0.1, 0.15) is 5.60 Å². The summed E-state index contributed by atoms with van der Waals surface area (Å²) in [5.41, 5.74) is 5.26.